The third kappa shape index (κ3) is 3.07. The van der Waals surface area contributed by atoms with Gasteiger partial charge in [0.25, 0.3) is 0 Å². The van der Waals surface area contributed by atoms with Crippen LogP contribution in [0.25, 0.3) is 11.0 Å². The van der Waals surface area contributed by atoms with Crippen LogP contribution in [0.2, 0.25) is 5.02 Å². The van der Waals surface area contributed by atoms with Crippen molar-refractivity contribution < 1.29 is 24.4 Å². The number of benzene rings is 1. The third-order valence-electron chi connectivity index (χ3n) is 5.02. The summed E-state index contributed by atoms with van der Waals surface area (Å²) in [6, 6.07) is 5.63. The Morgan fingerprint density at radius 1 is 1.18 bits per heavy atom. The fourth-order valence-electron chi connectivity index (χ4n) is 3.59. The Labute approximate surface area is 165 Å². The Balaban J connectivity index is 1.67. The lowest BCUT2D eigenvalue weighted by Gasteiger charge is -2.21. The highest BCUT2D eigenvalue weighted by atomic mass is 35.5. The van der Waals surface area contributed by atoms with E-state index < -0.39 is 36.5 Å². The second-order valence-corrected chi connectivity index (χ2v) is 7.31. The molecule has 0 amide bonds. The van der Waals surface area contributed by atoms with Crippen molar-refractivity contribution in [2.45, 2.75) is 44.5 Å². The van der Waals surface area contributed by atoms with Crippen molar-refractivity contribution in [3.05, 3.63) is 58.4 Å². The Morgan fingerprint density at radius 2 is 1.93 bits per heavy atom. The van der Waals surface area contributed by atoms with Crippen molar-refractivity contribution >= 4 is 22.6 Å². The summed E-state index contributed by atoms with van der Waals surface area (Å²) in [5.74, 6) is -0.131. The average molecular weight is 408 g/mol. The van der Waals surface area contributed by atoms with E-state index >= 15 is 0 Å². The van der Waals surface area contributed by atoms with Gasteiger partial charge in [-0.1, -0.05) is 17.7 Å². The number of aliphatic hydroxyl groups excluding tert-OH is 3. The van der Waals surface area contributed by atoms with E-state index in [-0.39, 0.29) is 10.6 Å². The molecule has 1 fully saturated rings. The van der Waals surface area contributed by atoms with Gasteiger partial charge in [-0.2, -0.15) is 0 Å². The molecule has 5 atom stereocenters. The molecular formula is C19H19ClFN3O4. The number of aryl methyl sites for hydroxylation is 2. The first-order valence-corrected chi connectivity index (χ1v) is 9.12. The smallest absolute Gasteiger partial charge is 0.164 e. The second-order valence-electron chi connectivity index (χ2n) is 6.91. The summed E-state index contributed by atoms with van der Waals surface area (Å²) in [5.41, 5.74) is 1.52. The third-order valence-corrected chi connectivity index (χ3v) is 5.33. The lowest BCUT2D eigenvalue weighted by molar-refractivity contribution is -0.0849. The van der Waals surface area contributed by atoms with Crippen molar-refractivity contribution in [1.29, 1.82) is 0 Å². The molecule has 1 aliphatic heterocycles. The minimum atomic E-state index is -1.39. The molecule has 1 aromatic carbocycles. The molecule has 28 heavy (non-hydrogen) atoms. The maximum Gasteiger partial charge on any atom is 0.164 e. The molecule has 2 aromatic heterocycles. The minimum absolute atomic E-state index is 0.0778. The standard InChI is InChI=1S/C19H19ClFN3O4/c1-8-11-5-6-24(18(11)23-9(2)22-8)19-16(27)15(26)17(28-19)14(25)10-3-4-12(20)13(21)7-10/h3-7,14-17,19,25-27H,1-2H3/t14-,15+,16-,17-,19-/m1/s1. The fourth-order valence-corrected chi connectivity index (χ4v) is 3.71. The van der Waals surface area contributed by atoms with Crippen LogP contribution < -0.4 is 0 Å². The maximum absolute atomic E-state index is 13.7. The van der Waals surface area contributed by atoms with Crippen LogP contribution in [0.15, 0.2) is 30.5 Å². The number of hydrogen-bond acceptors (Lipinski definition) is 6. The van der Waals surface area contributed by atoms with E-state index in [9.17, 15) is 19.7 Å². The molecule has 7 nitrogen and oxygen atoms in total. The largest absolute Gasteiger partial charge is 0.387 e. The van der Waals surface area contributed by atoms with E-state index in [0.717, 1.165) is 17.1 Å². The topological polar surface area (TPSA) is 101 Å². The summed E-state index contributed by atoms with van der Waals surface area (Å²) in [7, 11) is 0. The zero-order valence-corrected chi connectivity index (χ0v) is 15.9. The number of aromatic nitrogens is 3. The Kier molecular flexibility index (Phi) is 4.84. The van der Waals surface area contributed by atoms with Crippen LogP contribution in [0.1, 0.15) is 29.4 Å². The molecule has 0 saturated carbocycles. The average Bonchev–Trinajstić information content (AvgIpc) is 3.19. The van der Waals surface area contributed by atoms with Gasteiger partial charge in [-0.15, -0.1) is 0 Å². The first-order valence-electron chi connectivity index (χ1n) is 8.74. The van der Waals surface area contributed by atoms with Crippen molar-refractivity contribution in [2.75, 3.05) is 0 Å². The monoisotopic (exact) mass is 407 g/mol. The maximum atomic E-state index is 13.7. The van der Waals surface area contributed by atoms with Gasteiger partial charge in [0.15, 0.2) is 6.23 Å². The number of ether oxygens (including phenoxy) is 1. The highest BCUT2D eigenvalue weighted by molar-refractivity contribution is 6.30. The van der Waals surface area contributed by atoms with Gasteiger partial charge in [-0.25, -0.2) is 14.4 Å². The van der Waals surface area contributed by atoms with Crippen LogP contribution in [-0.4, -0.2) is 48.2 Å². The number of rotatable bonds is 3. The molecule has 0 aliphatic carbocycles. The lowest BCUT2D eigenvalue weighted by Crippen LogP contribution is -2.34. The number of fused-ring (bicyclic) bond motifs is 1. The number of halogens is 2. The van der Waals surface area contributed by atoms with Crippen molar-refractivity contribution in [1.82, 2.24) is 14.5 Å². The number of nitrogens with zero attached hydrogens (tertiary/aromatic N) is 3. The molecule has 3 N–H and O–H groups in total. The first-order chi connectivity index (χ1) is 13.3. The highest BCUT2D eigenvalue weighted by Gasteiger charge is 2.47. The molecule has 0 unspecified atom stereocenters. The Hall–Kier alpha value is -2.10. The van der Waals surface area contributed by atoms with E-state index in [4.69, 9.17) is 16.3 Å². The van der Waals surface area contributed by atoms with Gasteiger partial charge in [-0.05, 0) is 37.6 Å². The SMILES string of the molecule is Cc1nc(C)c2ccn([C@@H]3O[C@H]([C@H](O)c4ccc(Cl)c(F)c4)[C@@H](O)[C@H]3O)c2n1. The van der Waals surface area contributed by atoms with Crippen LogP contribution in [0.5, 0.6) is 0 Å². The second kappa shape index (κ2) is 7.06. The summed E-state index contributed by atoms with van der Waals surface area (Å²) in [4.78, 5) is 8.71. The normalized spacial score (nSPS) is 26.1. The van der Waals surface area contributed by atoms with Crippen LogP contribution in [0, 0.1) is 19.7 Å². The molecule has 4 rings (SSSR count). The van der Waals surface area contributed by atoms with Crippen LogP contribution >= 0.6 is 11.6 Å². The van der Waals surface area contributed by atoms with E-state index in [1.165, 1.54) is 12.1 Å². The van der Waals surface area contributed by atoms with E-state index in [2.05, 4.69) is 9.97 Å². The van der Waals surface area contributed by atoms with Gasteiger partial charge < -0.3 is 24.6 Å². The van der Waals surface area contributed by atoms with Crippen molar-refractivity contribution in [3.8, 4) is 0 Å². The van der Waals surface area contributed by atoms with Gasteiger partial charge in [0.05, 0.1) is 10.7 Å². The van der Waals surface area contributed by atoms with Crippen molar-refractivity contribution in [3.63, 3.8) is 0 Å². The number of hydrogen-bond donors (Lipinski definition) is 3. The Morgan fingerprint density at radius 3 is 2.64 bits per heavy atom. The van der Waals surface area contributed by atoms with E-state index in [1.54, 1.807) is 23.8 Å². The zero-order valence-electron chi connectivity index (χ0n) is 15.1. The van der Waals surface area contributed by atoms with Crippen LogP contribution in [-0.2, 0) is 4.74 Å². The minimum Gasteiger partial charge on any atom is -0.387 e. The summed E-state index contributed by atoms with van der Waals surface area (Å²) in [5, 5.41) is 32.3. The van der Waals surface area contributed by atoms with Gasteiger partial charge in [-0.3, -0.25) is 0 Å². The van der Waals surface area contributed by atoms with E-state index in [1.807, 2.05) is 6.92 Å². The molecule has 148 valence electrons. The highest BCUT2D eigenvalue weighted by Crippen LogP contribution is 2.38. The van der Waals surface area contributed by atoms with Gasteiger partial charge in [0.1, 0.15) is 41.7 Å². The van der Waals surface area contributed by atoms with Gasteiger partial charge >= 0.3 is 0 Å². The molecule has 3 aromatic rings. The summed E-state index contributed by atoms with van der Waals surface area (Å²) in [6.45, 7) is 3.61. The molecule has 0 spiro atoms. The number of aliphatic hydroxyl groups is 3. The summed E-state index contributed by atoms with van der Waals surface area (Å²) < 4.78 is 21.1. The molecule has 3 heterocycles. The molecule has 1 aliphatic rings. The Bertz CT molecular complexity index is 1040. The van der Waals surface area contributed by atoms with Crippen LogP contribution in [0.3, 0.4) is 0 Å². The zero-order chi connectivity index (χ0) is 20.2. The van der Waals surface area contributed by atoms with Gasteiger partial charge in [0, 0.05) is 11.6 Å². The molecule has 1 saturated heterocycles. The summed E-state index contributed by atoms with van der Waals surface area (Å²) >= 11 is 5.68. The molecule has 0 bridgehead atoms. The summed E-state index contributed by atoms with van der Waals surface area (Å²) in [6.07, 6.45) is -4.52. The first kappa shape index (κ1) is 19.2. The molecule has 9 heteroatoms. The predicted octanol–water partition coefficient (Wildman–Crippen LogP) is 2.19. The van der Waals surface area contributed by atoms with E-state index in [0.29, 0.717) is 11.5 Å². The lowest BCUT2D eigenvalue weighted by atomic mass is 9.99. The predicted molar refractivity (Wildman–Crippen MR) is 99.3 cm³/mol. The van der Waals surface area contributed by atoms with Gasteiger partial charge in [0.2, 0.25) is 0 Å². The van der Waals surface area contributed by atoms with Crippen LogP contribution in [0.4, 0.5) is 4.39 Å². The molecular weight excluding hydrogens is 389 g/mol. The quantitative estimate of drug-likeness (QED) is 0.615. The molecule has 0 radical (unpaired) electrons. The fraction of sp³-hybridized carbons (Fsp3) is 0.368. The van der Waals surface area contributed by atoms with Crippen molar-refractivity contribution in [2.24, 2.45) is 0 Å².